The lowest BCUT2D eigenvalue weighted by atomic mass is 10.3. The maximum atomic E-state index is 12.9. The van der Waals surface area contributed by atoms with Crippen LogP contribution in [0.2, 0.25) is 0 Å². The maximum absolute atomic E-state index is 12.9. The Labute approximate surface area is 171 Å². The number of aromatic nitrogens is 4. The molecule has 0 aliphatic heterocycles. The number of hydrogen-bond acceptors (Lipinski definition) is 5. The molecule has 4 aromatic rings. The van der Waals surface area contributed by atoms with Crippen molar-refractivity contribution in [1.82, 2.24) is 24.2 Å². The van der Waals surface area contributed by atoms with Gasteiger partial charge in [0.1, 0.15) is 18.3 Å². The lowest BCUT2D eigenvalue weighted by Crippen LogP contribution is -2.36. The topological polar surface area (TPSA) is 73.0 Å². The second-order valence-corrected chi connectivity index (χ2v) is 7.48. The first-order chi connectivity index (χ1) is 14.2. The predicted octanol–water partition coefficient (Wildman–Crippen LogP) is 2.86. The molecule has 4 rings (SSSR count). The van der Waals surface area contributed by atoms with Crippen LogP contribution in [0.25, 0.3) is 16.7 Å². The summed E-state index contributed by atoms with van der Waals surface area (Å²) in [6.45, 7) is 4.54. The Bertz CT molecular complexity index is 1200. The van der Waals surface area contributed by atoms with Crippen LogP contribution in [-0.4, -0.2) is 36.7 Å². The first kappa shape index (κ1) is 18.8. The minimum absolute atomic E-state index is 0.0858. The largest absolute Gasteiger partial charge is 0.332 e. The summed E-state index contributed by atoms with van der Waals surface area (Å²) >= 11 is 1.59. The molecule has 0 N–H and O–H groups in total. The molecule has 0 atom stereocenters. The summed E-state index contributed by atoms with van der Waals surface area (Å²) in [5, 5.41) is 6.64. The minimum atomic E-state index is -0.291. The van der Waals surface area contributed by atoms with E-state index >= 15 is 0 Å². The maximum Gasteiger partial charge on any atom is 0.264 e. The Morgan fingerprint density at radius 3 is 2.76 bits per heavy atom. The number of para-hydroxylation sites is 1. The highest BCUT2D eigenvalue weighted by Crippen LogP contribution is 2.14. The highest BCUT2D eigenvalue weighted by molar-refractivity contribution is 7.09. The molecule has 0 bridgehead atoms. The molecule has 0 aliphatic carbocycles. The third kappa shape index (κ3) is 3.88. The van der Waals surface area contributed by atoms with E-state index < -0.39 is 0 Å². The summed E-state index contributed by atoms with van der Waals surface area (Å²) in [6.07, 6.45) is 4.58. The van der Waals surface area contributed by atoms with Crippen LogP contribution in [0.3, 0.4) is 0 Å². The van der Waals surface area contributed by atoms with Gasteiger partial charge in [0.05, 0.1) is 18.4 Å². The molecule has 0 saturated heterocycles. The lowest BCUT2D eigenvalue weighted by molar-refractivity contribution is -0.131. The van der Waals surface area contributed by atoms with Crippen LogP contribution in [-0.2, 0) is 17.9 Å². The number of nitrogens with zero attached hydrogens (tertiary/aromatic N) is 5. The molecule has 0 fully saturated rings. The molecule has 1 amide bonds. The van der Waals surface area contributed by atoms with E-state index in [4.69, 9.17) is 0 Å². The van der Waals surface area contributed by atoms with Gasteiger partial charge in [0.25, 0.3) is 5.56 Å². The molecule has 8 heteroatoms. The van der Waals surface area contributed by atoms with Crippen molar-refractivity contribution in [3.8, 4) is 5.69 Å². The number of rotatable bonds is 7. The molecular weight excluding hydrogens is 386 g/mol. The van der Waals surface area contributed by atoms with Gasteiger partial charge in [0, 0.05) is 11.4 Å². The SMILES string of the molecule is C=CCN(Cc1cccs1)C(=O)Cn1cnc2c(cnn2-c2ccccc2)c1=O. The summed E-state index contributed by atoms with van der Waals surface area (Å²) in [5.41, 5.74) is 0.989. The van der Waals surface area contributed by atoms with E-state index in [0.29, 0.717) is 24.1 Å². The third-order valence-corrected chi connectivity index (χ3v) is 5.35. The quantitative estimate of drug-likeness (QED) is 0.443. The molecule has 0 unspecified atom stereocenters. The first-order valence-electron chi connectivity index (χ1n) is 9.07. The lowest BCUT2D eigenvalue weighted by Gasteiger charge is -2.20. The Morgan fingerprint density at radius 1 is 1.21 bits per heavy atom. The summed E-state index contributed by atoms with van der Waals surface area (Å²) < 4.78 is 2.94. The first-order valence-corrected chi connectivity index (χ1v) is 9.95. The van der Waals surface area contributed by atoms with Crippen molar-refractivity contribution in [3.05, 3.63) is 88.3 Å². The second-order valence-electron chi connectivity index (χ2n) is 6.45. The molecule has 0 aliphatic rings. The van der Waals surface area contributed by atoms with E-state index in [9.17, 15) is 9.59 Å². The minimum Gasteiger partial charge on any atom is -0.332 e. The molecule has 7 nitrogen and oxygen atoms in total. The van der Waals surface area contributed by atoms with Crippen molar-refractivity contribution < 1.29 is 4.79 Å². The van der Waals surface area contributed by atoms with Crippen LogP contribution < -0.4 is 5.56 Å². The van der Waals surface area contributed by atoms with Gasteiger partial charge >= 0.3 is 0 Å². The number of thiophene rings is 1. The third-order valence-electron chi connectivity index (χ3n) is 4.49. The van der Waals surface area contributed by atoms with Gasteiger partial charge in [-0.3, -0.25) is 14.2 Å². The number of benzene rings is 1. The van der Waals surface area contributed by atoms with E-state index in [0.717, 1.165) is 10.6 Å². The van der Waals surface area contributed by atoms with Gasteiger partial charge in [-0.2, -0.15) is 5.10 Å². The van der Waals surface area contributed by atoms with Crippen molar-refractivity contribution in [2.24, 2.45) is 0 Å². The van der Waals surface area contributed by atoms with Crippen molar-refractivity contribution in [2.75, 3.05) is 6.54 Å². The number of carbonyl (C=O) groups is 1. The highest BCUT2D eigenvalue weighted by Gasteiger charge is 2.17. The van der Waals surface area contributed by atoms with Crippen molar-refractivity contribution >= 4 is 28.3 Å². The summed E-state index contributed by atoms with van der Waals surface area (Å²) in [6, 6.07) is 13.4. The Kier molecular flexibility index (Phi) is 5.35. The van der Waals surface area contributed by atoms with Crippen molar-refractivity contribution in [2.45, 2.75) is 13.1 Å². The molecule has 1 aromatic carbocycles. The summed E-state index contributed by atoms with van der Waals surface area (Å²) in [7, 11) is 0. The van der Waals surface area contributed by atoms with Gasteiger partial charge in [-0.05, 0) is 23.6 Å². The van der Waals surface area contributed by atoms with Crippen molar-refractivity contribution in [1.29, 1.82) is 0 Å². The fourth-order valence-electron chi connectivity index (χ4n) is 3.07. The van der Waals surface area contributed by atoms with Gasteiger partial charge in [-0.1, -0.05) is 30.3 Å². The van der Waals surface area contributed by atoms with Gasteiger partial charge in [0.15, 0.2) is 5.65 Å². The Hall–Kier alpha value is -3.52. The van der Waals surface area contributed by atoms with E-state index in [1.165, 1.54) is 17.1 Å². The van der Waals surface area contributed by atoms with E-state index in [1.807, 2.05) is 47.8 Å². The predicted molar refractivity (Wildman–Crippen MR) is 113 cm³/mol. The smallest absolute Gasteiger partial charge is 0.264 e. The monoisotopic (exact) mass is 405 g/mol. The molecule has 0 saturated carbocycles. The zero-order valence-corrected chi connectivity index (χ0v) is 16.5. The van der Waals surface area contributed by atoms with Gasteiger partial charge in [-0.15, -0.1) is 17.9 Å². The van der Waals surface area contributed by atoms with Gasteiger partial charge in [-0.25, -0.2) is 9.67 Å². The van der Waals surface area contributed by atoms with Gasteiger partial charge < -0.3 is 4.90 Å². The molecule has 3 heterocycles. The van der Waals surface area contributed by atoms with Crippen LogP contribution in [0.1, 0.15) is 4.88 Å². The normalized spacial score (nSPS) is 10.9. The average molecular weight is 405 g/mol. The fraction of sp³-hybridized carbons (Fsp3) is 0.143. The summed E-state index contributed by atoms with van der Waals surface area (Å²) in [4.78, 5) is 32.8. The Morgan fingerprint density at radius 2 is 2.03 bits per heavy atom. The molecule has 3 aromatic heterocycles. The van der Waals surface area contributed by atoms with Crippen molar-refractivity contribution in [3.63, 3.8) is 0 Å². The standard InChI is InChI=1S/C21H19N5O2S/c1-2-10-24(13-17-9-6-11-29-17)19(27)14-25-15-22-20-18(21(25)28)12-23-26(20)16-7-4-3-5-8-16/h2-9,11-12,15H,1,10,13-14H2. The molecule has 0 spiro atoms. The number of fused-ring (bicyclic) bond motifs is 1. The second kappa shape index (κ2) is 8.24. The zero-order chi connectivity index (χ0) is 20.2. The van der Waals surface area contributed by atoms with Gasteiger partial charge in [0.2, 0.25) is 5.91 Å². The average Bonchev–Trinajstić information content (AvgIpc) is 3.40. The molecule has 146 valence electrons. The number of hydrogen-bond donors (Lipinski definition) is 0. The van der Waals surface area contributed by atoms with E-state index in [-0.39, 0.29) is 18.0 Å². The number of amides is 1. The van der Waals surface area contributed by atoms with Crippen LogP contribution >= 0.6 is 11.3 Å². The van der Waals surface area contributed by atoms with Crippen LogP contribution in [0, 0.1) is 0 Å². The highest BCUT2D eigenvalue weighted by atomic mass is 32.1. The Balaban J connectivity index is 1.61. The van der Waals surface area contributed by atoms with Crippen LogP contribution in [0.5, 0.6) is 0 Å². The van der Waals surface area contributed by atoms with Crippen LogP contribution in [0.15, 0.2) is 77.8 Å². The number of carbonyl (C=O) groups excluding carboxylic acids is 1. The zero-order valence-electron chi connectivity index (χ0n) is 15.6. The molecule has 29 heavy (non-hydrogen) atoms. The molecule has 0 radical (unpaired) electrons. The molecular formula is C21H19N5O2S. The fourth-order valence-corrected chi connectivity index (χ4v) is 3.79. The summed E-state index contributed by atoms with van der Waals surface area (Å²) in [5.74, 6) is -0.169. The van der Waals surface area contributed by atoms with Crippen LogP contribution in [0.4, 0.5) is 0 Å². The van der Waals surface area contributed by atoms with E-state index in [1.54, 1.807) is 27.0 Å². The van der Waals surface area contributed by atoms with E-state index in [2.05, 4.69) is 16.7 Å².